The molecule has 2 bridgehead atoms. The molecule has 0 spiro atoms. The fraction of sp³-hybridized carbons (Fsp3) is 0.833. The molecule has 0 aliphatic heterocycles. The van der Waals surface area contributed by atoms with Crippen molar-refractivity contribution in [1.29, 1.82) is 0 Å². The topological polar surface area (TPSA) is 43.4 Å². The highest BCUT2D eigenvalue weighted by Crippen LogP contribution is 2.49. The number of hydrogen-bond donors (Lipinski definition) is 0. The second kappa shape index (κ2) is 3.95. The Bertz CT molecular complexity index is 285. The molecule has 3 heteroatoms. The fourth-order valence-corrected chi connectivity index (χ4v) is 3.21. The molecule has 0 aromatic rings. The van der Waals surface area contributed by atoms with Crippen LogP contribution in [0.5, 0.6) is 0 Å². The minimum atomic E-state index is -0.570. The Kier molecular flexibility index (Phi) is 2.81. The molecule has 2 aliphatic rings. The van der Waals surface area contributed by atoms with E-state index in [0.717, 1.165) is 12.3 Å². The highest BCUT2D eigenvalue weighted by Gasteiger charge is 2.45. The largest absolute Gasteiger partial charge is 0.468 e. The molecule has 0 radical (unpaired) electrons. The van der Waals surface area contributed by atoms with Crippen molar-refractivity contribution in [1.82, 2.24) is 0 Å². The fourth-order valence-electron chi connectivity index (χ4n) is 3.21. The molecule has 4 unspecified atom stereocenters. The first-order valence-electron chi connectivity index (χ1n) is 5.75. The van der Waals surface area contributed by atoms with Crippen molar-refractivity contribution in [3.05, 3.63) is 0 Å². The molecule has 0 N–H and O–H groups in total. The van der Waals surface area contributed by atoms with Crippen LogP contribution in [0.2, 0.25) is 0 Å². The van der Waals surface area contributed by atoms with Crippen molar-refractivity contribution in [2.75, 3.05) is 7.11 Å². The lowest BCUT2D eigenvalue weighted by Crippen LogP contribution is -2.31. The van der Waals surface area contributed by atoms with Crippen molar-refractivity contribution in [3.8, 4) is 0 Å². The minimum Gasteiger partial charge on any atom is -0.468 e. The summed E-state index contributed by atoms with van der Waals surface area (Å²) in [5.74, 6) is 0.581. The molecule has 15 heavy (non-hydrogen) atoms. The Labute approximate surface area is 90.2 Å². The van der Waals surface area contributed by atoms with Crippen molar-refractivity contribution in [2.24, 2.45) is 23.7 Å². The number of Topliss-reactive ketones (excluding diaryl/α,β-unsaturated/α-hetero) is 1. The Morgan fingerprint density at radius 3 is 2.47 bits per heavy atom. The molecule has 2 fully saturated rings. The van der Waals surface area contributed by atoms with Crippen LogP contribution in [0, 0.1) is 23.7 Å². The number of carbonyl (C=O) groups is 2. The van der Waals surface area contributed by atoms with E-state index in [1.807, 2.05) is 0 Å². The summed E-state index contributed by atoms with van der Waals surface area (Å²) in [5.41, 5.74) is 0. The van der Waals surface area contributed by atoms with Crippen LogP contribution in [0.15, 0.2) is 0 Å². The quantitative estimate of drug-likeness (QED) is 0.527. The van der Waals surface area contributed by atoms with Crippen LogP contribution in [0.4, 0.5) is 0 Å². The van der Waals surface area contributed by atoms with Gasteiger partial charge < -0.3 is 4.74 Å². The molecule has 2 rings (SSSR count). The highest BCUT2D eigenvalue weighted by molar-refractivity contribution is 6.00. The van der Waals surface area contributed by atoms with Crippen molar-refractivity contribution in [3.63, 3.8) is 0 Å². The van der Waals surface area contributed by atoms with Gasteiger partial charge >= 0.3 is 5.97 Å². The van der Waals surface area contributed by atoms with Crippen LogP contribution in [0.3, 0.4) is 0 Å². The SMILES string of the molecule is COC(=O)C(C)C(=O)C1CC2CCC1C2. The summed E-state index contributed by atoms with van der Waals surface area (Å²) in [6.07, 6.45) is 4.66. The Morgan fingerprint density at radius 2 is 2.00 bits per heavy atom. The number of rotatable bonds is 3. The first-order chi connectivity index (χ1) is 7.13. The summed E-state index contributed by atoms with van der Waals surface area (Å²) < 4.78 is 4.61. The number of ketones is 1. The van der Waals surface area contributed by atoms with Gasteiger partial charge in [0.25, 0.3) is 0 Å². The molecule has 0 heterocycles. The molecule has 3 nitrogen and oxygen atoms in total. The zero-order valence-corrected chi connectivity index (χ0v) is 9.36. The van der Waals surface area contributed by atoms with E-state index in [1.54, 1.807) is 6.92 Å². The molecule has 84 valence electrons. The minimum absolute atomic E-state index is 0.106. The predicted octanol–water partition coefficient (Wildman–Crippen LogP) is 1.80. The Balaban J connectivity index is 1.99. The Hall–Kier alpha value is -0.860. The maximum absolute atomic E-state index is 12.0. The van der Waals surface area contributed by atoms with Gasteiger partial charge in [-0.2, -0.15) is 0 Å². The van der Waals surface area contributed by atoms with Crippen molar-refractivity contribution in [2.45, 2.75) is 32.6 Å². The van der Waals surface area contributed by atoms with E-state index in [2.05, 4.69) is 4.74 Å². The highest BCUT2D eigenvalue weighted by atomic mass is 16.5. The van der Waals surface area contributed by atoms with Crippen LogP contribution in [-0.4, -0.2) is 18.9 Å². The molecule has 0 amide bonds. The maximum atomic E-state index is 12.0. The summed E-state index contributed by atoms with van der Waals surface area (Å²) >= 11 is 0. The van der Waals surface area contributed by atoms with Crippen molar-refractivity contribution >= 4 is 11.8 Å². The third kappa shape index (κ3) is 1.80. The van der Waals surface area contributed by atoms with E-state index < -0.39 is 5.92 Å². The summed E-state index contributed by atoms with van der Waals surface area (Å²) in [6, 6.07) is 0. The first kappa shape index (κ1) is 10.7. The summed E-state index contributed by atoms with van der Waals surface area (Å²) in [7, 11) is 1.34. The first-order valence-corrected chi connectivity index (χ1v) is 5.75. The normalized spacial score (nSPS) is 35.2. The molecular formula is C12H18O3. The van der Waals surface area contributed by atoms with Gasteiger partial charge in [0, 0.05) is 5.92 Å². The van der Waals surface area contributed by atoms with Crippen LogP contribution < -0.4 is 0 Å². The number of methoxy groups -OCH3 is 1. The second-order valence-electron chi connectivity index (χ2n) is 4.93. The molecule has 0 aromatic heterocycles. The average Bonchev–Trinajstić information content (AvgIpc) is 2.87. The number of carbonyl (C=O) groups excluding carboxylic acids is 2. The van der Waals surface area contributed by atoms with Gasteiger partial charge in [0.05, 0.1) is 7.11 Å². The lowest BCUT2D eigenvalue weighted by atomic mass is 9.81. The lowest BCUT2D eigenvalue weighted by Gasteiger charge is -2.22. The average molecular weight is 210 g/mol. The van der Waals surface area contributed by atoms with Crippen molar-refractivity contribution < 1.29 is 14.3 Å². The monoisotopic (exact) mass is 210 g/mol. The smallest absolute Gasteiger partial charge is 0.315 e. The molecule has 2 saturated carbocycles. The number of hydrogen-bond acceptors (Lipinski definition) is 3. The summed E-state index contributed by atoms with van der Waals surface area (Å²) in [6.45, 7) is 1.67. The molecule has 0 saturated heterocycles. The molecular weight excluding hydrogens is 192 g/mol. The summed E-state index contributed by atoms with van der Waals surface area (Å²) in [5, 5.41) is 0. The van der Waals surface area contributed by atoms with Gasteiger partial charge in [-0.15, -0.1) is 0 Å². The van der Waals surface area contributed by atoms with Gasteiger partial charge in [0.15, 0.2) is 0 Å². The van der Waals surface area contributed by atoms with Gasteiger partial charge in [0.2, 0.25) is 0 Å². The lowest BCUT2D eigenvalue weighted by molar-refractivity contribution is -0.150. The number of esters is 1. The van der Waals surface area contributed by atoms with E-state index in [-0.39, 0.29) is 17.7 Å². The van der Waals surface area contributed by atoms with Gasteiger partial charge in [-0.3, -0.25) is 9.59 Å². The van der Waals surface area contributed by atoms with Crippen LogP contribution in [-0.2, 0) is 14.3 Å². The second-order valence-corrected chi connectivity index (χ2v) is 4.93. The van der Waals surface area contributed by atoms with E-state index in [9.17, 15) is 9.59 Å². The van der Waals surface area contributed by atoms with Gasteiger partial charge in [0.1, 0.15) is 11.7 Å². The zero-order valence-electron chi connectivity index (χ0n) is 9.36. The van der Waals surface area contributed by atoms with Gasteiger partial charge in [-0.25, -0.2) is 0 Å². The van der Waals surface area contributed by atoms with E-state index in [4.69, 9.17) is 0 Å². The van der Waals surface area contributed by atoms with Crippen LogP contribution >= 0.6 is 0 Å². The standard InChI is InChI=1S/C12H18O3/c1-7(12(14)15-2)11(13)10-6-8-3-4-9(10)5-8/h7-10H,3-6H2,1-2H3. The van der Waals surface area contributed by atoms with E-state index in [1.165, 1.54) is 26.4 Å². The summed E-state index contributed by atoms with van der Waals surface area (Å²) in [4.78, 5) is 23.3. The number of ether oxygens (including phenoxy) is 1. The van der Waals surface area contributed by atoms with E-state index in [0.29, 0.717) is 5.92 Å². The van der Waals surface area contributed by atoms with Gasteiger partial charge in [-0.1, -0.05) is 6.42 Å². The maximum Gasteiger partial charge on any atom is 0.315 e. The van der Waals surface area contributed by atoms with Crippen LogP contribution in [0.1, 0.15) is 32.6 Å². The molecule has 4 atom stereocenters. The third-order valence-corrected chi connectivity index (χ3v) is 4.09. The number of fused-ring (bicyclic) bond motifs is 2. The molecule has 0 aromatic carbocycles. The van der Waals surface area contributed by atoms with Gasteiger partial charge in [-0.05, 0) is 38.0 Å². The van der Waals surface area contributed by atoms with Crippen LogP contribution in [0.25, 0.3) is 0 Å². The zero-order chi connectivity index (χ0) is 11.0. The van der Waals surface area contributed by atoms with E-state index >= 15 is 0 Å². The Morgan fingerprint density at radius 1 is 1.27 bits per heavy atom. The predicted molar refractivity (Wildman–Crippen MR) is 55.1 cm³/mol. The molecule has 2 aliphatic carbocycles. The third-order valence-electron chi connectivity index (χ3n) is 4.09.